The summed E-state index contributed by atoms with van der Waals surface area (Å²) in [5.74, 6) is 1.67. The van der Waals surface area contributed by atoms with Crippen molar-refractivity contribution in [2.24, 2.45) is 0 Å². The molecule has 0 saturated heterocycles. The van der Waals surface area contributed by atoms with Crippen molar-refractivity contribution < 1.29 is 29.9 Å². The summed E-state index contributed by atoms with van der Waals surface area (Å²) in [6, 6.07) is 17.0. The molecule has 4 heteroatoms. The van der Waals surface area contributed by atoms with Crippen LogP contribution < -0.4 is 9.47 Å². The van der Waals surface area contributed by atoms with Gasteiger partial charge in [-0.15, -0.1) is 35.9 Å². The zero-order chi connectivity index (χ0) is 14.5. The maximum Gasteiger partial charge on any atom is 0.0919 e. The van der Waals surface area contributed by atoms with E-state index in [4.69, 9.17) is 9.47 Å². The van der Waals surface area contributed by atoms with Crippen molar-refractivity contribution in [3.05, 3.63) is 48.5 Å². The third kappa shape index (κ3) is 5.73. The minimum atomic E-state index is 0. The summed E-state index contributed by atoms with van der Waals surface area (Å²) in [7, 11) is 0. The fourth-order valence-corrected chi connectivity index (χ4v) is 2.03. The topological polar surface area (TPSA) is 18.5 Å². The molecule has 0 saturated carbocycles. The summed E-state index contributed by atoms with van der Waals surface area (Å²) in [5, 5.41) is 0. The van der Waals surface area contributed by atoms with Crippen molar-refractivity contribution >= 4 is 9.90 Å². The van der Waals surface area contributed by atoms with Gasteiger partial charge in [0, 0.05) is 20.4 Å². The Balaban J connectivity index is 0.00000220. The predicted molar refractivity (Wildman–Crippen MR) is 93.3 cm³/mol. The van der Waals surface area contributed by atoms with Crippen LogP contribution in [0.1, 0.15) is 27.7 Å². The first-order valence-electron chi connectivity index (χ1n) is 7.01. The molecule has 0 bridgehead atoms. The first-order valence-corrected chi connectivity index (χ1v) is 7.01. The SMILES string of the molecule is CC(C)Oc1cccc(OC(C)C)c1-c1[c-]cccc1.P.[Pd]. The van der Waals surface area contributed by atoms with Gasteiger partial charge in [0.15, 0.2) is 0 Å². The molecular formula is C18H24O2PPd-. The van der Waals surface area contributed by atoms with Crippen LogP contribution >= 0.6 is 9.90 Å². The van der Waals surface area contributed by atoms with Gasteiger partial charge in [0.25, 0.3) is 0 Å². The molecule has 2 nitrogen and oxygen atoms in total. The summed E-state index contributed by atoms with van der Waals surface area (Å²) in [6.45, 7) is 8.09. The van der Waals surface area contributed by atoms with Crippen LogP contribution in [0.5, 0.6) is 11.5 Å². The van der Waals surface area contributed by atoms with E-state index in [2.05, 4.69) is 6.07 Å². The molecule has 1 unspecified atom stereocenters. The predicted octanol–water partition coefficient (Wildman–Crippen LogP) is 4.78. The zero-order valence-electron chi connectivity index (χ0n) is 13.5. The van der Waals surface area contributed by atoms with E-state index in [1.165, 1.54) is 0 Å². The number of hydrogen-bond donors (Lipinski definition) is 0. The monoisotopic (exact) mass is 409 g/mol. The van der Waals surface area contributed by atoms with E-state index in [0.29, 0.717) is 0 Å². The molecule has 2 rings (SSSR count). The summed E-state index contributed by atoms with van der Waals surface area (Å²) in [5.41, 5.74) is 1.95. The minimum absolute atomic E-state index is 0. The fraction of sp³-hybridized carbons (Fsp3) is 0.333. The first-order chi connectivity index (χ1) is 9.58. The molecule has 124 valence electrons. The van der Waals surface area contributed by atoms with Crippen LogP contribution in [-0.2, 0) is 20.4 Å². The molecule has 22 heavy (non-hydrogen) atoms. The third-order valence-corrected chi connectivity index (χ3v) is 2.69. The van der Waals surface area contributed by atoms with Crippen molar-refractivity contribution in [1.82, 2.24) is 0 Å². The Labute approximate surface area is 150 Å². The largest absolute Gasteiger partial charge is 0.500 e. The summed E-state index contributed by atoms with van der Waals surface area (Å²) >= 11 is 0. The van der Waals surface area contributed by atoms with Crippen molar-refractivity contribution in [2.45, 2.75) is 39.9 Å². The smallest absolute Gasteiger partial charge is 0.0919 e. The Hall–Kier alpha value is -0.868. The molecule has 0 aliphatic rings. The zero-order valence-corrected chi connectivity index (χ0v) is 16.5. The number of rotatable bonds is 5. The minimum Gasteiger partial charge on any atom is -0.500 e. The van der Waals surface area contributed by atoms with Crippen LogP contribution in [0.15, 0.2) is 42.5 Å². The molecule has 0 radical (unpaired) electrons. The number of hydrogen-bond acceptors (Lipinski definition) is 2. The summed E-state index contributed by atoms with van der Waals surface area (Å²) < 4.78 is 11.8. The normalized spacial score (nSPS) is 9.91. The first kappa shape index (κ1) is 21.1. The van der Waals surface area contributed by atoms with E-state index in [0.717, 1.165) is 22.6 Å². The van der Waals surface area contributed by atoms with Crippen LogP contribution in [0.4, 0.5) is 0 Å². The second kappa shape index (κ2) is 10.0. The quantitative estimate of drug-likeness (QED) is 0.402. The van der Waals surface area contributed by atoms with Crippen LogP contribution in [-0.4, -0.2) is 12.2 Å². The molecule has 2 aromatic rings. The van der Waals surface area contributed by atoms with Gasteiger partial charge in [-0.25, -0.2) is 0 Å². The maximum absolute atomic E-state index is 5.92. The van der Waals surface area contributed by atoms with E-state index in [1.54, 1.807) is 0 Å². The average Bonchev–Trinajstić information content (AvgIpc) is 2.38. The maximum atomic E-state index is 5.92. The van der Waals surface area contributed by atoms with Crippen LogP contribution in [0.25, 0.3) is 11.1 Å². The molecule has 0 amide bonds. The molecule has 0 heterocycles. The molecule has 0 aliphatic heterocycles. The third-order valence-electron chi connectivity index (χ3n) is 2.69. The van der Waals surface area contributed by atoms with Crippen molar-refractivity contribution in [3.8, 4) is 22.6 Å². The van der Waals surface area contributed by atoms with Crippen LogP contribution in [0.2, 0.25) is 0 Å². The van der Waals surface area contributed by atoms with Crippen LogP contribution in [0.3, 0.4) is 0 Å². The molecule has 0 N–H and O–H groups in total. The summed E-state index contributed by atoms with van der Waals surface area (Å²) in [6.07, 6.45) is 0.235. The van der Waals surface area contributed by atoms with E-state index in [-0.39, 0.29) is 42.5 Å². The Morgan fingerprint density at radius 3 is 1.77 bits per heavy atom. The molecule has 1 atom stereocenters. The standard InChI is InChI=1S/C18H21O2.H3P.Pd/c1-13(2)19-16-11-8-12-17(20-14(3)4)18(16)15-9-6-5-7-10-15;;/h5-9,11-14H,1-4H3;1H3;/q-1;;. The van der Waals surface area contributed by atoms with Gasteiger partial charge < -0.3 is 9.47 Å². The number of ether oxygens (including phenoxy) is 2. The van der Waals surface area contributed by atoms with E-state index >= 15 is 0 Å². The molecular weight excluding hydrogens is 386 g/mol. The van der Waals surface area contributed by atoms with Crippen LogP contribution in [0, 0.1) is 6.07 Å². The van der Waals surface area contributed by atoms with Gasteiger partial charge >= 0.3 is 0 Å². The molecule has 0 aromatic heterocycles. The van der Waals surface area contributed by atoms with E-state index < -0.39 is 0 Å². The van der Waals surface area contributed by atoms with Crippen molar-refractivity contribution in [3.63, 3.8) is 0 Å². The van der Waals surface area contributed by atoms with Gasteiger partial charge in [0.05, 0.1) is 23.7 Å². The van der Waals surface area contributed by atoms with Gasteiger partial charge in [-0.1, -0.05) is 6.07 Å². The second-order valence-corrected chi connectivity index (χ2v) is 5.24. The Kier molecular flexibility index (Phi) is 9.62. The second-order valence-electron chi connectivity index (χ2n) is 5.24. The van der Waals surface area contributed by atoms with E-state index in [9.17, 15) is 0 Å². The van der Waals surface area contributed by atoms with E-state index in [1.807, 2.05) is 70.2 Å². The Morgan fingerprint density at radius 1 is 0.818 bits per heavy atom. The van der Waals surface area contributed by atoms with Gasteiger partial charge in [0.2, 0.25) is 0 Å². The molecule has 0 aliphatic carbocycles. The van der Waals surface area contributed by atoms with Gasteiger partial charge in [-0.05, 0) is 45.4 Å². The fourth-order valence-electron chi connectivity index (χ4n) is 2.03. The van der Waals surface area contributed by atoms with Crippen molar-refractivity contribution in [1.29, 1.82) is 0 Å². The summed E-state index contributed by atoms with van der Waals surface area (Å²) in [4.78, 5) is 0. The Morgan fingerprint density at radius 2 is 1.36 bits per heavy atom. The number of benzene rings is 2. The van der Waals surface area contributed by atoms with Gasteiger partial charge in [-0.3, -0.25) is 0 Å². The Bertz CT molecular complexity index is 528. The van der Waals surface area contributed by atoms with Crippen molar-refractivity contribution in [2.75, 3.05) is 0 Å². The van der Waals surface area contributed by atoms with Gasteiger partial charge in [-0.2, -0.15) is 9.90 Å². The molecule has 0 fully saturated rings. The van der Waals surface area contributed by atoms with Gasteiger partial charge in [0.1, 0.15) is 0 Å². The average molecular weight is 410 g/mol. The molecule has 0 spiro atoms. The molecule has 2 aromatic carbocycles.